The Morgan fingerprint density at radius 1 is 1.17 bits per heavy atom. The van der Waals surface area contributed by atoms with Crippen LogP contribution >= 0.6 is 0 Å². The molecule has 0 amide bonds. The highest BCUT2D eigenvalue weighted by Gasteiger charge is 2.34. The van der Waals surface area contributed by atoms with Gasteiger partial charge < -0.3 is 9.80 Å². The molecule has 3 rings (SSSR count). The summed E-state index contributed by atoms with van der Waals surface area (Å²) in [6.07, 6.45) is 6.39. The highest BCUT2D eigenvalue weighted by atomic mass is 16.6. The van der Waals surface area contributed by atoms with Crippen LogP contribution in [0.2, 0.25) is 0 Å². The molecule has 0 N–H and O–H groups in total. The Morgan fingerprint density at radius 2 is 1.86 bits per heavy atom. The summed E-state index contributed by atoms with van der Waals surface area (Å²) >= 11 is 0. The van der Waals surface area contributed by atoms with Crippen LogP contribution in [0.1, 0.15) is 44.6 Å². The number of hydrogen-bond acceptors (Lipinski definition) is 5. The molecule has 0 radical (unpaired) electrons. The van der Waals surface area contributed by atoms with Gasteiger partial charge in [-0.15, -0.1) is 0 Å². The molecule has 0 bridgehead atoms. The standard InChI is InChI=1S/C23H38N4O2/c1-5-12-26(17-20(16-24(3)4)19-6-7-19)21-10-13-25(14-11-21)23-9-8-22(27(28)29)15-18(23)2/h8-9,15,19-21H,5-7,10-14,16-17H2,1-4H3. The van der Waals surface area contributed by atoms with E-state index >= 15 is 0 Å². The summed E-state index contributed by atoms with van der Waals surface area (Å²) in [6.45, 7) is 9.97. The van der Waals surface area contributed by atoms with E-state index in [4.69, 9.17) is 0 Å². The topological polar surface area (TPSA) is 52.9 Å². The normalized spacial score (nSPS) is 19.2. The van der Waals surface area contributed by atoms with Crippen molar-refractivity contribution in [2.24, 2.45) is 11.8 Å². The Balaban J connectivity index is 1.60. The summed E-state index contributed by atoms with van der Waals surface area (Å²) in [5.74, 6) is 1.73. The highest BCUT2D eigenvalue weighted by molar-refractivity contribution is 5.57. The molecule has 1 aliphatic carbocycles. The molecule has 1 saturated heterocycles. The molecule has 1 unspecified atom stereocenters. The number of aryl methyl sites for hydroxylation is 1. The number of piperidine rings is 1. The van der Waals surface area contributed by atoms with Crippen molar-refractivity contribution in [3.63, 3.8) is 0 Å². The average Bonchev–Trinajstić information content (AvgIpc) is 3.52. The summed E-state index contributed by atoms with van der Waals surface area (Å²) in [4.78, 5) is 18.2. The maximum absolute atomic E-state index is 11.0. The molecule has 6 nitrogen and oxygen atoms in total. The zero-order valence-electron chi connectivity index (χ0n) is 18.6. The third-order valence-corrected chi connectivity index (χ3v) is 6.58. The van der Waals surface area contributed by atoms with Crippen molar-refractivity contribution in [3.05, 3.63) is 33.9 Å². The molecule has 29 heavy (non-hydrogen) atoms. The van der Waals surface area contributed by atoms with Gasteiger partial charge in [0.05, 0.1) is 4.92 Å². The molecule has 0 spiro atoms. The summed E-state index contributed by atoms with van der Waals surface area (Å²) in [5.41, 5.74) is 2.34. The highest BCUT2D eigenvalue weighted by Crippen LogP contribution is 2.38. The fourth-order valence-corrected chi connectivity index (χ4v) is 4.98. The molecule has 0 aromatic heterocycles. The molecular weight excluding hydrogens is 364 g/mol. The van der Waals surface area contributed by atoms with E-state index in [2.05, 4.69) is 35.7 Å². The van der Waals surface area contributed by atoms with Crippen LogP contribution in [-0.4, -0.2) is 67.6 Å². The van der Waals surface area contributed by atoms with E-state index in [0.717, 1.165) is 36.2 Å². The maximum atomic E-state index is 11.0. The van der Waals surface area contributed by atoms with E-state index < -0.39 is 0 Å². The van der Waals surface area contributed by atoms with Crippen molar-refractivity contribution in [1.82, 2.24) is 9.80 Å². The molecular formula is C23H38N4O2. The number of nitrogens with zero attached hydrogens (tertiary/aromatic N) is 4. The zero-order valence-corrected chi connectivity index (χ0v) is 18.6. The van der Waals surface area contributed by atoms with Crippen LogP contribution in [-0.2, 0) is 0 Å². The van der Waals surface area contributed by atoms with Gasteiger partial charge in [0.15, 0.2) is 0 Å². The van der Waals surface area contributed by atoms with Gasteiger partial charge in [0.2, 0.25) is 0 Å². The lowest BCUT2D eigenvalue weighted by Crippen LogP contribution is -2.48. The Bertz CT molecular complexity index is 681. The number of anilines is 1. The van der Waals surface area contributed by atoms with Crippen molar-refractivity contribution in [1.29, 1.82) is 0 Å². The number of nitro benzene ring substituents is 1. The van der Waals surface area contributed by atoms with E-state index in [1.165, 1.54) is 51.7 Å². The van der Waals surface area contributed by atoms with Gasteiger partial charge in [-0.2, -0.15) is 0 Å². The van der Waals surface area contributed by atoms with Crippen molar-refractivity contribution in [2.45, 2.75) is 52.0 Å². The fraction of sp³-hybridized carbons (Fsp3) is 0.739. The van der Waals surface area contributed by atoms with Crippen molar-refractivity contribution < 1.29 is 4.92 Å². The SMILES string of the molecule is CCCN(CC(CN(C)C)C1CC1)C1CCN(c2ccc([N+](=O)[O-])cc2C)CC1. The van der Waals surface area contributed by atoms with Crippen LogP contribution < -0.4 is 4.90 Å². The average molecular weight is 403 g/mol. The van der Waals surface area contributed by atoms with Gasteiger partial charge in [-0.1, -0.05) is 6.92 Å². The third-order valence-electron chi connectivity index (χ3n) is 6.58. The molecule has 2 aliphatic rings. The minimum atomic E-state index is -0.310. The predicted octanol–water partition coefficient (Wildman–Crippen LogP) is 4.17. The van der Waals surface area contributed by atoms with Crippen LogP contribution in [0.4, 0.5) is 11.4 Å². The van der Waals surface area contributed by atoms with Gasteiger partial charge in [0.1, 0.15) is 0 Å². The van der Waals surface area contributed by atoms with Crippen LogP contribution in [0.3, 0.4) is 0 Å². The van der Waals surface area contributed by atoms with E-state index in [1.807, 2.05) is 13.0 Å². The number of non-ortho nitro benzene ring substituents is 1. The molecule has 1 heterocycles. The largest absolute Gasteiger partial charge is 0.371 e. The van der Waals surface area contributed by atoms with E-state index in [9.17, 15) is 10.1 Å². The lowest BCUT2D eigenvalue weighted by Gasteiger charge is -2.41. The van der Waals surface area contributed by atoms with Gasteiger partial charge in [-0.05, 0) is 83.1 Å². The first-order chi connectivity index (χ1) is 13.9. The quantitative estimate of drug-likeness (QED) is 0.434. The summed E-state index contributed by atoms with van der Waals surface area (Å²) in [5, 5.41) is 11.0. The Morgan fingerprint density at radius 3 is 2.38 bits per heavy atom. The summed E-state index contributed by atoms with van der Waals surface area (Å²) in [6, 6.07) is 5.93. The molecule has 6 heteroatoms. The minimum Gasteiger partial charge on any atom is -0.371 e. The van der Waals surface area contributed by atoms with Gasteiger partial charge in [0, 0.05) is 50.0 Å². The maximum Gasteiger partial charge on any atom is 0.269 e. The summed E-state index contributed by atoms with van der Waals surface area (Å²) in [7, 11) is 4.40. The second-order valence-electron chi connectivity index (χ2n) is 9.30. The number of rotatable bonds is 10. The van der Waals surface area contributed by atoms with E-state index in [1.54, 1.807) is 12.1 Å². The molecule has 1 aliphatic heterocycles. The monoisotopic (exact) mass is 402 g/mol. The third kappa shape index (κ3) is 5.92. The first kappa shape index (κ1) is 22.0. The second-order valence-corrected chi connectivity index (χ2v) is 9.30. The predicted molar refractivity (Wildman–Crippen MR) is 120 cm³/mol. The lowest BCUT2D eigenvalue weighted by atomic mass is 9.97. The number of hydrogen-bond donors (Lipinski definition) is 0. The molecule has 1 aromatic carbocycles. The zero-order chi connectivity index (χ0) is 21.0. The second kappa shape index (κ2) is 9.90. The van der Waals surface area contributed by atoms with E-state index in [-0.39, 0.29) is 10.6 Å². The van der Waals surface area contributed by atoms with Gasteiger partial charge in [0.25, 0.3) is 5.69 Å². The lowest BCUT2D eigenvalue weighted by molar-refractivity contribution is -0.384. The van der Waals surface area contributed by atoms with Gasteiger partial charge in [-0.3, -0.25) is 15.0 Å². The molecule has 1 aromatic rings. The number of nitro groups is 1. The first-order valence-electron chi connectivity index (χ1n) is 11.3. The van der Waals surface area contributed by atoms with Crippen LogP contribution in [0.25, 0.3) is 0 Å². The van der Waals surface area contributed by atoms with Gasteiger partial charge >= 0.3 is 0 Å². The van der Waals surface area contributed by atoms with Crippen molar-refractivity contribution >= 4 is 11.4 Å². The van der Waals surface area contributed by atoms with Crippen molar-refractivity contribution in [2.75, 3.05) is 51.7 Å². The number of benzene rings is 1. The molecule has 1 atom stereocenters. The summed E-state index contributed by atoms with van der Waals surface area (Å²) < 4.78 is 0. The first-order valence-corrected chi connectivity index (χ1v) is 11.3. The molecule has 2 fully saturated rings. The van der Waals surface area contributed by atoms with Crippen molar-refractivity contribution in [3.8, 4) is 0 Å². The van der Waals surface area contributed by atoms with E-state index in [0.29, 0.717) is 6.04 Å². The van der Waals surface area contributed by atoms with Crippen LogP contribution in [0.5, 0.6) is 0 Å². The molecule has 1 saturated carbocycles. The minimum absolute atomic E-state index is 0.183. The smallest absolute Gasteiger partial charge is 0.269 e. The van der Waals surface area contributed by atoms with Crippen LogP contribution in [0.15, 0.2) is 18.2 Å². The molecule has 162 valence electrons. The van der Waals surface area contributed by atoms with Gasteiger partial charge in [-0.25, -0.2) is 0 Å². The fourth-order valence-electron chi connectivity index (χ4n) is 4.98. The Kier molecular flexibility index (Phi) is 7.52. The Hall–Kier alpha value is -1.66. The van der Waals surface area contributed by atoms with Crippen LogP contribution in [0, 0.1) is 28.9 Å². The Labute approximate surface area is 176 Å².